The van der Waals surface area contributed by atoms with Crippen molar-refractivity contribution in [3.63, 3.8) is 0 Å². The molecule has 0 aliphatic heterocycles. The minimum Gasteiger partial charge on any atom is -1.00 e. The van der Waals surface area contributed by atoms with Crippen molar-refractivity contribution >= 4 is 60.8 Å². The van der Waals surface area contributed by atoms with E-state index in [1.54, 1.807) is 0 Å². The summed E-state index contributed by atoms with van der Waals surface area (Å²) < 4.78 is 0. The summed E-state index contributed by atoms with van der Waals surface area (Å²) in [6.45, 7) is 0. The summed E-state index contributed by atoms with van der Waals surface area (Å²) in [7, 11) is 0. The Labute approximate surface area is 84.1 Å². The third-order valence-electron chi connectivity index (χ3n) is 0. The van der Waals surface area contributed by atoms with Crippen LogP contribution in [0.25, 0.3) is 0 Å². The summed E-state index contributed by atoms with van der Waals surface area (Å²) in [6, 6.07) is 0. The van der Waals surface area contributed by atoms with Gasteiger partial charge < -0.3 is 24.8 Å². The van der Waals surface area contributed by atoms with Crippen LogP contribution >= 0.6 is 0 Å². The van der Waals surface area contributed by atoms with E-state index in [1.807, 2.05) is 0 Å². The minimum atomic E-state index is 0. The summed E-state index contributed by atoms with van der Waals surface area (Å²) in [6.07, 6.45) is 0. The molecule has 0 spiro atoms. The fraction of sp³-hybridized carbons (Fsp3) is 0. The van der Waals surface area contributed by atoms with Crippen LogP contribution in [0, 0.1) is 0 Å². The molecule has 4 heavy (non-hydrogen) atoms. The van der Waals surface area contributed by atoms with Crippen molar-refractivity contribution in [3.05, 3.63) is 0 Å². The molecule has 0 amide bonds. The zero-order valence-corrected chi connectivity index (χ0v) is 7.30. The molecule has 0 heterocycles. The Morgan fingerprint density at radius 3 is 0.750 bits per heavy atom. The van der Waals surface area contributed by atoms with Gasteiger partial charge >= 0.3 is 60.8 Å². The van der Waals surface area contributed by atoms with Gasteiger partial charge in [0.05, 0.1) is 0 Å². The number of halogens is 2. The van der Waals surface area contributed by atoms with Gasteiger partial charge in [0.15, 0.2) is 0 Å². The molecule has 0 saturated carbocycles. The molecular weight excluding hydrogens is 135 g/mol. The molecule has 0 nitrogen and oxygen atoms in total. The molecule has 0 unspecified atom stereocenters. The number of rotatable bonds is 0. The summed E-state index contributed by atoms with van der Waals surface area (Å²) in [4.78, 5) is 0. The first-order valence-corrected chi connectivity index (χ1v) is 0. The van der Waals surface area contributed by atoms with E-state index in [-0.39, 0.29) is 85.6 Å². The first-order chi connectivity index (χ1) is 0. The standard InChI is InChI=1S/Ca.2ClH.Mg/h;2*1H;/q+2;;;+2/p-2. The van der Waals surface area contributed by atoms with E-state index < -0.39 is 0 Å². The predicted octanol–water partition coefficient (Wildman–Crippen LogP) is -6.75. The van der Waals surface area contributed by atoms with Gasteiger partial charge in [0.25, 0.3) is 0 Å². The normalized spacial score (nSPS) is 0. The fourth-order valence-electron chi connectivity index (χ4n) is 0. The maximum absolute atomic E-state index is 0. The van der Waals surface area contributed by atoms with Gasteiger partial charge in [-0.05, 0) is 0 Å². The van der Waals surface area contributed by atoms with Crippen molar-refractivity contribution < 1.29 is 24.8 Å². The molecule has 0 radical (unpaired) electrons. The van der Waals surface area contributed by atoms with Gasteiger partial charge in [0.2, 0.25) is 0 Å². The quantitative estimate of drug-likeness (QED) is 0.290. The molecule has 0 atom stereocenters. The maximum Gasteiger partial charge on any atom is 2.00 e. The zero-order valence-electron chi connectivity index (χ0n) is 2.17. The molecule has 16 valence electrons. The van der Waals surface area contributed by atoms with Crippen molar-refractivity contribution in [1.29, 1.82) is 0 Å². The van der Waals surface area contributed by atoms with Crippen molar-refractivity contribution in [1.82, 2.24) is 0 Å². The SMILES string of the molecule is [Ca+2].[Cl-].[Cl-].[Mg+2]. The van der Waals surface area contributed by atoms with Crippen LogP contribution in [0.15, 0.2) is 0 Å². The molecule has 0 fully saturated rings. The first-order valence-electron chi connectivity index (χ1n) is 0. The minimum absolute atomic E-state index is 0. The Balaban J connectivity index is 0. The molecule has 4 heteroatoms. The molecule has 0 bridgehead atoms. The largest absolute Gasteiger partial charge is 2.00 e. The second-order valence-electron chi connectivity index (χ2n) is 0. The monoisotopic (exact) mass is 134 g/mol. The third-order valence-corrected chi connectivity index (χ3v) is 0. The van der Waals surface area contributed by atoms with Crippen molar-refractivity contribution in [3.8, 4) is 0 Å². The van der Waals surface area contributed by atoms with E-state index in [0.717, 1.165) is 0 Å². The molecule has 0 aromatic carbocycles. The molecule has 0 N–H and O–H groups in total. The summed E-state index contributed by atoms with van der Waals surface area (Å²) >= 11 is 0. The third kappa shape index (κ3) is 8.82. The van der Waals surface area contributed by atoms with Crippen LogP contribution < -0.4 is 24.8 Å². The second-order valence-corrected chi connectivity index (χ2v) is 0. The van der Waals surface area contributed by atoms with E-state index in [4.69, 9.17) is 0 Å². The van der Waals surface area contributed by atoms with E-state index in [2.05, 4.69) is 0 Å². The maximum atomic E-state index is 0. The van der Waals surface area contributed by atoms with Gasteiger partial charge in [-0.3, -0.25) is 0 Å². The summed E-state index contributed by atoms with van der Waals surface area (Å²) in [5.41, 5.74) is 0. The van der Waals surface area contributed by atoms with Crippen LogP contribution in [0.2, 0.25) is 0 Å². The van der Waals surface area contributed by atoms with Crippen LogP contribution in [0.1, 0.15) is 0 Å². The molecule has 0 aliphatic carbocycles. The van der Waals surface area contributed by atoms with Crippen LogP contribution in [0.4, 0.5) is 0 Å². The van der Waals surface area contributed by atoms with Gasteiger partial charge in [-0.25, -0.2) is 0 Å². The smallest absolute Gasteiger partial charge is 1.00 e. The van der Waals surface area contributed by atoms with Crippen molar-refractivity contribution in [2.75, 3.05) is 0 Å². The van der Waals surface area contributed by atoms with Crippen LogP contribution in [0.3, 0.4) is 0 Å². The summed E-state index contributed by atoms with van der Waals surface area (Å²) in [5, 5.41) is 0. The molecule has 0 aromatic rings. The molecule has 0 aromatic heterocycles. The first kappa shape index (κ1) is 30.6. The Morgan fingerprint density at radius 1 is 0.750 bits per heavy atom. The van der Waals surface area contributed by atoms with E-state index in [0.29, 0.717) is 0 Å². The fourth-order valence-corrected chi connectivity index (χ4v) is 0. The second kappa shape index (κ2) is 17.5. The van der Waals surface area contributed by atoms with E-state index >= 15 is 0 Å². The molecule has 0 saturated heterocycles. The van der Waals surface area contributed by atoms with Gasteiger partial charge in [-0.15, -0.1) is 0 Å². The summed E-state index contributed by atoms with van der Waals surface area (Å²) in [5.74, 6) is 0. The molecule has 0 aliphatic rings. The number of hydrogen-bond donors (Lipinski definition) is 0. The van der Waals surface area contributed by atoms with Gasteiger partial charge in [0, 0.05) is 0 Å². The Bertz CT molecular complexity index is 6.00. The Morgan fingerprint density at radius 2 is 0.750 bits per heavy atom. The van der Waals surface area contributed by atoms with Gasteiger partial charge in [0.1, 0.15) is 0 Å². The average Bonchev–Trinajstić information content (AvgIpc) is 0. The van der Waals surface area contributed by atoms with Crippen molar-refractivity contribution in [2.45, 2.75) is 0 Å². The van der Waals surface area contributed by atoms with E-state index in [1.165, 1.54) is 0 Å². The molecule has 0 rings (SSSR count). The van der Waals surface area contributed by atoms with E-state index in [9.17, 15) is 0 Å². The zero-order chi connectivity index (χ0) is 0. The van der Waals surface area contributed by atoms with Crippen LogP contribution in [0.5, 0.6) is 0 Å². The van der Waals surface area contributed by atoms with Crippen molar-refractivity contribution in [2.24, 2.45) is 0 Å². The average molecular weight is 135 g/mol. The Kier molecular flexibility index (Phi) is 134. The topological polar surface area (TPSA) is 0 Å². The number of hydrogen-bond acceptors (Lipinski definition) is 0. The van der Waals surface area contributed by atoms with Crippen LogP contribution in [-0.2, 0) is 0 Å². The predicted molar refractivity (Wildman–Crippen MR) is 11.5 cm³/mol. The van der Waals surface area contributed by atoms with Gasteiger partial charge in [-0.2, -0.15) is 0 Å². The van der Waals surface area contributed by atoms with Gasteiger partial charge in [-0.1, -0.05) is 0 Å². The van der Waals surface area contributed by atoms with Crippen LogP contribution in [-0.4, -0.2) is 60.8 Å². The Hall–Kier alpha value is 2.61. The molecular formula is CaCl2Mg+2.